The van der Waals surface area contributed by atoms with E-state index in [1.165, 1.54) is 23.3 Å². The number of para-hydroxylation sites is 1. The molecule has 3 aromatic carbocycles. The minimum atomic E-state index is -0.769. The number of fused-ring (bicyclic) bond motifs is 3. The van der Waals surface area contributed by atoms with Crippen molar-refractivity contribution < 1.29 is 18.7 Å². The van der Waals surface area contributed by atoms with E-state index in [0.29, 0.717) is 43.7 Å². The predicted octanol–water partition coefficient (Wildman–Crippen LogP) is 5.82. The lowest BCUT2D eigenvalue weighted by molar-refractivity contribution is 0.0971. The van der Waals surface area contributed by atoms with Crippen molar-refractivity contribution in [2.24, 2.45) is 0 Å². The zero-order valence-corrected chi connectivity index (χ0v) is 20.1. The molecule has 3 heterocycles. The molecule has 9 heteroatoms. The van der Waals surface area contributed by atoms with Crippen molar-refractivity contribution in [2.45, 2.75) is 6.04 Å². The van der Waals surface area contributed by atoms with Crippen molar-refractivity contribution in [1.29, 1.82) is 0 Å². The average Bonchev–Trinajstić information content (AvgIpc) is 3.42. The molecular formula is C26H17ClN2O5S. The molecule has 174 valence electrons. The maximum atomic E-state index is 13.8. The summed E-state index contributed by atoms with van der Waals surface area (Å²) in [5.74, 6) is 0.582. The largest absolute Gasteiger partial charge is 0.493 e. The molecule has 1 aliphatic heterocycles. The van der Waals surface area contributed by atoms with Gasteiger partial charge in [-0.1, -0.05) is 41.1 Å². The van der Waals surface area contributed by atoms with Gasteiger partial charge >= 0.3 is 0 Å². The first-order valence-corrected chi connectivity index (χ1v) is 11.9. The second-order valence-corrected chi connectivity index (χ2v) is 9.42. The minimum absolute atomic E-state index is 0.00535. The zero-order chi connectivity index (χ0) is 24.3. The number of amides is 1. The predicted molar refractivity (Wildman–Crippen MR) is 135 cm³/mol. The normalized spacial score (nSPS) is 15.1. The number of hydrogen-bond acceptors (Lipinski definition) is 7. The lowest BCUT2D eigenvalue weighted by Gasteiger charge is -2.23. The molecule has 0 saturated heterocycles. The molecule has 7 nitrogen and oxygen atoms in total. The molecule has 1 atom stereocenters. The molecule has 0 spiro atoms. The number of rotatable bonds is 4. The maximum Gasteiger partial charge on any atom is 0.297 e. The van der Waals surface area contributed by atoms with Crippen LogP contribution in [0, 0.1) is 0 Å². The quantitative estimate of drug-likeness (QED) is 0.306. The molecule has 0 bridgehead atoms. The van der Waals surface area contributed by atoms with Crippen molar-refractivity contribution in [2.75, 3.05) is 19.1 Å². The monoisotopic (exact) mass is 504 g/mol. The molecular weight excluding hydrogens is 488 g/mol. The van der Waals surface area contributed by atoms with E-state index in [1.807, 2.05) is 0 Å². The molecule has 0 saturated carbocycles. The van der Waals surface area contributed by atoms with Crippen molar-refractivity contribution in [3.63, 3.8) is 0 Å². The molecule has 1 aliphatic rings. The second-order valence-electron chi connectivity index (χ2n) is 7.97. The van der Waals surface area contributed by atoms with Gasteiger partial charge in [0.15, 0.2) is 22.1 Å². The molecule has 0 unspecified atom stereocenters. The lowest BCUT2D eigenvalue weighted by Crippen LogP contribution is -2.29. The van der Waals surface area contributed by atoms with Crippen LogP contribution in [0.15, 0.2) is 69.9 Å². The van der Waals surface area contributed by atoms with Gasteiger partial charge in [-0.15, -0.1) is 0 Å². The molecule has 1 amide bonds. The highest BCUT2D eigenvalue weighted by Gasteiger charge is 2.45. The molecule has 35 heavy (non-hydrogen) atoms. The van der Waals surface area contributed by atoms with Gasteiger partial charge in [0, 0.05) is 5.02 Å². The molecule has 5 aromatic rings. The fraction of sp³-hybridized carbons (Fsp3) is 0.115. The number of halogens is 1. The van der Waals surface area contributed by atoms with Gasteiger partial charge in [-0.2, -0.15) is 0 Å². The van der Waals surface area contributed by atoms with E-state index in [-0.39, 0.29) is 16.8 Å². The lowest BCUT2D eigenvalue weighted by atomic mass is 9.98. The van der Waals surface area contributed by atoms with Gasteiger partial charge in [0.25, 0.3) is 5.91 Å². The number of carbonyl (C=O) groups is 1. The van der Waals surface area contributed by atoms with Gasteiger partial charge in [0.2, 0.25) is 5.76 Å². The Hall–Kier alpha value is -3.88. The third-order valence-corrected chi connectivity index (χ3v) is 7.30. The molecule has 2 aromatic heterocycles. The first-order valence-electron chi connectivity index (χ1n) is 10.7. The highest BCUT2D eigenvalue weighted by Crippen LogP contribution is 2.45. The third kappa shape index (κ3) is 3.29. The fourth-order valence-electron chi connectivity index (χ4n) is 4.44. The molecule has 0 radical (unpaired) electrons. The third-order valence-electron chi connectivity index (χ3n) is 6.05. The maximum absolute atomic E-state index is 13.8. The average molecular weight is 505 g/mol. The first-order chi connectivity index (χ1) is 17.0. The number of methoxy groups -OCH3 is 2. The number of aromatic nitrogens is 1. The van der Waals surface area contributed by atoms with Crippen LogP contribution in [0.1, 0.15) is 27.7 Å². The van der Waals surface area contributed by atoms with Crippen molar-refractivity contribution in [3.8, 4) is 11.5 Å². The van der Waals surface area contributed by atoms with Gasteiger partial charge < -0.3 is 13.9 Å². The van der Waals surface area contributed by atoms with Crippen LogP contribution >= 0.6 is 22.9 Å². The Balaban J connectivity index is 1.63. The summed E-state index contributed by atoms with van der Waals surface area (Å²) < 4.78 is 17.7. The van der Waals surface area contributed by atoms with E-state index < -0.39 is 11.9 Å². The van der Waals surface area contributed by atoms with E-state index >= 15 is 0 Å². The summed E-state index contributed by atoms with van der Waals surface area (Å²) in [5, 5.41) is 1.41. The zero-order valence-electron chi connectivity index (χ0n) is 18.6. The van der Waals surface area contributed by atoms with E-state index in [1.54, 1.807) is 67.8 Å². The van der Waals surface area contributed by atoms with Gasteiger partial charge in [-0.3, -0.25) is 14.5 Å². The van der Waals surface area contributed by atoms with Crippen molar-refractivity contribution >= 4 is 55.2 Å². The fourth-order valence-corrected chi connectivity index (χ4v) is 5.71. The number of hydrogen-bond donors (Lipinski definition) is 0. The summed E-state index contributed by atoms with van der Waals surface area (Å²) in [6.07, 6.45) is 0. The number of carbonyl (C=O) groups excluding carboxylic acids is 1. The van der Waals surface area contributed by atoms with Crippen LogP contribution in [0.4, 0.5) is 5.13 Å². The number of benzene rings is 3. The number of nitrogens with zero attached hydrogens (tertiary/aromatic N) is 2. The smallest absolute Gasteiger partial charge is 0.297 e. The Morgan fingerprint density at radius 3 is 2.60 bits per heavy atom. The Morgan fingerprint density at radius 1 is 1.00 bits per heavy atom. The second kappa shape index (κ2) is 8.11. The Kier molecular flexibility index (Phi) is 5.01. The molecule has 0 fully saturated rings. The number of ether oxygens (including phenoxy) is 2. The van der Waals surface area contributed by atoms with Crippen molar-refractivity contribution in [3.05, 3.63) is 92.8 Å². The van der Waals surface area contributed by atoms with Crippen LogP contribution < -0.4 is 19.8 Å². The van der Waals surface area contributed by atoms with Gasteiger partial charge in [-0.05, 0) is 48.0 Å². The van der Waals surface area contributed by atoms with Crippen LogP contribution in [0.25, 0.3) is 21.2 Å². The highest BCUT2D eigenvalue weighted by molar-refractivity contribution is 7.22. The Labute approximate surface area is 208 Å². The molecule has 6 rings (SSSR count). The minimum Gasteiger partial charge on any atom is -0.493 e. The highest BCUT2D eigenvalue weighted by atomic mass is 35.5. The van der Waals surface area contributed by atoms with Crippen LogP contribution in [0.5, 0.6) is 11.5 Å². The van der Waals surface area contributed by atoms with Crippen LogP contribution in [0.2, 0.25) is 5.02 Å². The van der Waals surface area contributed by atoms with Crippen LogP contribution in [-0.4, -0.2) is 25.1 Å². The van der Waals surface area contributed by atoms with E-state index in [4.69, 9.17) is 25.5 Å². The number of thiazole rings is 1. The summed E-state index contributed by atoms with van der Waals surface area (Å²) in [5.41, 5.74) is 1.72. The first kappa shape index (κ1) is 21.6. The summed E-state index contributed by atoms with van der Waals surface area (Å²) in [7, 11) is 3.08. The van der Waals surface area contributed by atoms with Crippen LogP contribution in [-0.2, 0) is 0 Å². The SMILES string of the molecule is COc1ccc([C@@H]2c3c(oc4ccccc4c3=O)C(=O)N2c2nc3ccc(Cl)cc3s2)cc1OC. The Bertz CT molecular complexity index is 1710. The van der Waals surface area contributed by atoms with E-state index in [9.17, 15) is 9.59 Å². The van der Waals surface area contributed by atoms with E-state index in [0.717, 1.165) is 4.70 Å². The van der Waals surface area contributed by atoms with Crippen molar-refractivity contribution in [1.82, 2.24) is 4.98 Å². The summed E-state index contributed by atoms with van der Waals surface area (Å²) >= 11 is 7.49. The van der Waals surface area contributed by atoms with Gasteiger partial charge in [0.05, 0.1) is 41.4 Å². The standard InChI is InChI=1S/C26H17ClN2O5S/c1-32-18-10-7-13(11-19(18)33-2)22-21-23(30)15-5-3-4-6-17(15)34-24(21)25(31)29(22)26-28-16-9-8-14(27)12-20(16)35-26/h3-12,22H,1-2H3/t22-/m1/s1. The topological polar surface area (TPSA) is 81.9 Å². The Morgan fingerprint density at radius 2 is 1.80 bits per heavy atom. The number of anilines is 1. The summed E-state index contributed by atoms with van der Waals surface area (Å²) in [6.45, 7) is 0. The van der Waals surface area contributed by atoms with Gasteiger partial charge in [0.1, 0.15) is 5.58 Å². The summed E-state index contributed by atoms with van der Waals surface area (Å²) in [6, 6.07) is 16.8. The van der Waals surface area contributed by atoms with Gasteiger partial charge in [-0.25, -0.2) is 4.98 Å². The van der Waals surface area contributed by atoms with E-state index in [2.05, 4.69) is 4.98 Å². The molecule has 0 aliphatic carbocycles. The summed E-state index contributed by atoms with van der Waals surface area (Å²) in [4.78, 5) is 33.7. The molecule has 0 N–H and O–H groups in total. The van der Waals surface area contributed by atoms with Crippen LogP contribution in [0.3, 0.4) is 0 Å².